The summed E-state index contributed by atoms with van der Waals surface area (Å²) >= 11 is 0. The number of rotatable bonds is 9. The maximum absolute atomic E-state index is 12.4. The van der Waals surface area contributed by atoms with E-state index in [0.717, 1.165) is 31.6 Å². The fourth-order valence-electron chi connectivity index (χ4n) is 5.75. The third-order valence-electron chi connectivity index (χ3n) is 7.77. The van der Waals surface area contributed by atoms with Crippen LogP contribution in [0.5, 0.6) is 0 Å². The summed E-state index contributed by atoms with van der Waals surface area (Å²) in [5.41, 5.74) is 2.87. The molecular formula is C28H41F3. The second-order valence-electron chi connectivity index (χ2n) is 10.1. The molecule has 0 atom stereocenters. The number of allylic oxidation sites excluding steroid dienone is 2. The van der Waals surface area contributed by atoms with Gasteiger partial charge in [0.1, 0.15) is 0 Å². The first-order valence-electron chi connectivity index (χ1n) is 12.8. The first kappa shape index (κ1) is 24.4. The summed E-state index contributed by atoms with van der Waals surface area (Å²) in [6, 6.07) is 9.26. The van der Waals surface area contributed by atoms with Crippen molar-refractivity contribution in [3.8, 4) is 0 Å². The molecule has 2 aliphatic rings. The molecule has 0 saturated heterocycles. The van der Waals surface area contributed by atoms with Crippen molar-refractivity contribution < 1.29 is 13.2 Å². The maximum Gasteiger partial charge on any atom is 0.409 e. The topological polar surface area (TPSA) is 0 Å². The van der Waals surface area contributed by atoms with E-state index >= 15 is 0 Å². The van der Waals surface area contributed by atoms with Gasteiger partial charge in [0.2, 0.25) is 0 Å². The molecule has 0 amide bonds. The van der Waals surface area contributed by atoms with Crippen LogP contribution < -0.4 is 0 Å². The SMILES string of the molecule is CCCCCCCC1CCC(c2ccc(C3CCC(C=CC(F)(F)F)CC3)cc2)CC1. The highest BCUT2D eigenvalue weighted by molar-refractivity contribution is 5.28. The van der Waals surface area contributed by atoms with E-state index in [1.807, 2.05) is 0 Å². The first-order chi connectivity index (χ1) is 14.9. The van der Waals surface area contributed by atoms with Crippen LogP contribution in [-0.2, 0) is 0 Å². The highest BCUT2D eigenvalue weighted by Gasteiger charge is 2.26. The molecule has 3 rings (SSSR count). The monoisotopic (exact) mass is 434 g/mol. The lowest BCUT2D eigenvalue weighted by Gasteiger charge is -2.30. The summed E-state index contributed by atoms with van der Waals surface area (Å²) in [6.45, 7) is 2.28. The van der Waals surface area contributed by atoms with Gasteiger partial charge in [-0.15, -0.1) is 0 Å². The Morgan fingerprint density at radius 3 is 1.77 bits per heavy atom. The van der Waals surface area contributed by atoms with Crippen LogP contribution in [0.1, 0.15) is 120 Å². The van der Waals surface area contributed by atoms with Gasteiger partial charge in [-0.05, 0) is 86.2 Å². The van der Waals surface area contributed by atoms with Crippen LogP contribution in [0.3, 0.4) is 0 Å². The second kappa shape index (κ2) is 12.1. The van der Waals surface area contributed by atoms with Gasteiger partial charge in [-0.3, -0.25) is 0 Å². The Balaban J connectivity index is 1.39. The van der Waals surface area contributed by atoms with Gasteiger partial charge in [0.25, 0.3) is 0 Å². The van der Waals surface area contributed by atoms with Gasteiger partial charge in [0.05, 0.1) is 0 Å². The molecule has 0 unspecified atom stereocenters. The Morgan fingerprint density at radius 2 is 1.26 bits per heavy atom. The molecule has 174 valence electrons. The van der Waals surface area contributed by atoms with Gasteiger partial charge in [0, 0.05) is 6.08 Å². The molecule has 0 aromatic heterocycles. The van der Waals surface area contributed by atoms with Gasteiger partial charge in [0.15, 0.2) is 0 Å². The molecule has 0 bridgehead atoms. The number of unbranched alkanes of at least 4 members (excludes halogenated alkanes) is 4. The molecule has 0 nitrogen and oxygen atoms in total. The normalized spacial score (nSPS) is 27.6. The highest BCUT2D eigenvalue weighted by atomic mass is 19.4. The van der Waals surface area contributed by atoms with Crippen molar-refractivity contribution in [2.24, 2.45) is 11.8 Å². The fourth-order valence-corrected chi connectivity index (χ4v) is 5.75. The Hall–Kier alpha value is -1.25. The largest absolute Gasteiger partial charge is 0.409 e. The smallest absolute Gasteiger partial charge is 0.167 e. The van der Waals surface area contributed by atoms with Gasteiger partial charge in [-0.1, -0.05) is 75.8 Å². The van der Waals surface area contributed by atoms with Crippen LogP contribution in [0.4, 0.5) is 13.2 Å². The minimum Gasteiger partial charge on any atom is -0.167 e. The van der Waals surface area contributed by atoms with Crippen LogP contribution in [0.25, 0.3) is 0 Å². The standard InChI is InChI=1S/C28H41F3/c1-2-3-4-5-6-7-22-8-12-24(13-9-22)26-16-18-27(19-17-26)25-14-10-23(11-15-25)20-21-28(29,30)31/h16-25H,2-15H2,1H3. The minimum absolute atomic E-state index is 0.0824. The third-order valence-corrected chi connectivity index (χ3v) is 7.77. The summed E-state index contributed by atoms with van der Waals surface area (Å²) in [7, 11) is 0. The quantitative estimate of drug-likeness (QED) is 0.268. The Bertz CT molecular complexity index is 642. The average molecular weight is 435 g/mol. The summed E-state index contributed by atoms with van der Waals surface area (Å²) in [5.74, 6) is 2.25. The molecule has 2 fully saturated rings. The zero-order valence-electron chi connectivity index (χ0n) is 19.3. The minimum atomic E-state index is -4.18. The molecule has 1 aromatic rings. The van der Waals surface area contributed by atoms with Crippen molar-refractivity contribution in [1.29, 1.82) is 0 Å². The van der Waals surface area contributed by atoms with Crippen LogP contribution in [0, 0.1) is 11.8 Å². The predicted octanol–water partition coefficient (Wildman–Crippen LogP) is 9.71. The Kier molecular flexibility index (Phi) is 9.53. The zero-order valence-corrected chi connectivity index (χ0v) is 19.3. The van der Waals surface area contributed by atoms with Crippen molar-refractivity contribution in [1.82, 2.24) is 0 Å². The molecule has 0 aliphatic heterocycles. The Labute approximate surface area is 187 Å². The summed E-state index contributed by atoms with van der Waals surface area (Å²) in [5, 5.41) is 0. The van der Waals surface area contributed by atoms with Crippen molar-refractivity contribution in [2.45, 2.75) is 115 Å². The maximum atomic E-state index is 12.4. The van der Waals surface area contributed by atoms with E-state index in [0.29, 0.717) is 17.9 Å². The molecule has 0 heterocycles. The van der Waals surface area contributed by atoms with Gasteiger partial charge >= 0.3 is 6.18 Å². The molecule has 0 spiro atoms. The molecule has 2 aliphatic carbocycles. The number of halogens is 3. The summed E-state index contributed by atoms with van der Waals surface area (Å²) in [4.78, 5) is 0. The lowest BCUT2D eigenvalue weighted by atomic mass is 9.75. The van der Waals surface area contributed by atoms with Gasteiger partial charge in [-0.25, -0.2) is 0 Å². The van der Waals surface area contributed by atoms with E-state index in [1.54, 1.807) is 0 Å². The lowest BCUT2D eigenvalue weighted by Crippen LogP contribution is -2.14. The summed E-state index contributed by atoms with van der Waals surface area (Å²) < 4.78 is 37.1. The highest BCUT2D eigenvalue weighted by Crippen LogP contribution is 2.40. The van der Waals surface area contributed by atoms with Crippen molar-refractivity contribution in [3.05, 3.63) is 47.5 Å². The second-order valence-corrected chi connectivity index (χ2v) is 10.1. The number of hydrogen-bond acceptors (Lipinski definition) is 0. The lowest BCUT2D eigenvalue weighted by molar-refractivity contribution is -0.0803. The van der Waals surface area contributed by atoms with Crippen molar-refractivity contribution in [3.63, 3.8) is 0 Å². The average Bonchev–Trinajstić information content (AvgIpc) is 2.78. The van der Waals surface area contributed by atoms with Crippen molar-refractivity contribution >= 4 is 0 Å². The molecule has 0 N–H and O–H groups in total. The molecular weight excluding hydrogens is 393 g/mol. The van der Waals surface area contributed by atoms with E-state index in [2.05, 4.69) is 31.2 Å². The summed E-state index contributed by atoms with van der Waals surface area (Å²) in [6.07, 6.45) is 15.1. The predicted molar refractivity (Wildman–Crippen MR) is 124 cm³/mol. The van der Waals surface area contributed by atoms with Crippen molar-refractivity contribution in [2.75, 3.05) is 0 Å². The van der Waals surface area contributed by atoms with Gasteiger partial charge in [-0.2, -0.15) is 13.2 Å². The molecule has 31 heavy (non-hydrogen) atoms. The molecule has 3 heteroatoms. The zero-order chi connectivity index (χ0) is 22.1. The third kappa shape index (κ3) is 8.31. The number of alkyl halides is 3. The van der Waals surface area contributed by atoms with Crippen LogP contribution in [0.2, 0.25) is 0 Å². The van der Waals surface area contributed by atoms with E-state index < -0.39 is 6.18 Å². The fraction of sp³-hybridized carbons (Fsp3) is 0.714. The molecule has 0 radical (unpaired) electrons. The molecule has 2 saturated carbocycles. The van der Waals surface area contributed by atoms with Crippen LogP contribution in [-0.4, -0.2) is 6.18 Å². The van der Waals surface area contributed by atoms with E-state index in [9.17, 15) is 13.2 Å². The number of hydrogen-bond donors (Lipinski definition) is 0. The van der Waals surface area contributed by atoms with Gasteiger partial charge < -0.3 is 0 Å². The molecule has 1 aromatic carbocycles. The van der Waals surface area contributed by atoms with Crippen LogP contribution >= 0.6 is 0 Å². The van der Waals surface area contributed by atoms with Crippen LogP contribution in [0.15, 0.2) is 36.4 Å². The van der Waals surface area contributed by atoms with E-state index in [-0.39, 0.29) is 5.92 Å². The first-order valence-corrected chi connectivity index (χ1v) is 12.8. The van der Waals surface area contributed by atoms with E-state index in [1.165, 1.54) is 81.4 Å². The number of benzene rings is 1. The van der Waals surface area contributed by atoms with E-state index in [4.69, 9.17) is 0 Å². The Morgan fingerprint density at radius 1 is 0.742 bits per heavy atom.